The second-order valence-electron chi connectivity index (χ2n) is 5.15. The standard InChI is InChI=1S/C15H25N3O2/c1-3-18(4-2)13(14-8-6-10-20-14)11-17-15(19)12-7-5-9-16-12/h6,8,10,12-13,16H,3-5,7,9,11H2,1-2H3,(H,17,19). The zero-order valence-corrected chi connectivity index (χ0v) is 12.4. The molecular formula is C15H25N3O2. The molecule has 2 heterocycles. The molecular weight excluding hydrogens is 254 g/mol. The Kier molecular flexibility index (Phi) is 5.61. The fourth-order valence-electron chi connectivity index (χ4n) is 2.78. The number of nitrogens with one attached hydrogen (secondary N) is 2. The molecule has 2 atom stereocenters. The summed E-state index contributed by atoms with van der Waals surface area (Å²) < 4.78 is 5.53. The molecule has 1 aliphatic heterocycles. The van der Waals surface area contributed by atoms with E-state index in [1.54, 1.807) is 6.26 Å². The van der Waals surface area contributed by atoms with Crippen LogP contribution in [0.25, 0.3) is 0 Å². The van der Waals surface area contributed by atoms with Crippen LogP contribution in [-0.4, -0.2) is 43.0 Å². The molecule has 0 bridgehead atoms. The molecule has 5 nitrogen and oxygen atoms in total. The molecule has 2 N–H and O–H groups in total. The second-order valence-corrected chi connectivity index (χ2v) is 5.15. The van der Waals surface area contributed by atoms with Crippen molar-refractivity contribution in [3.8, 4) is 0 Å². The molecule has 112 valence electrons. The Morgan fingerprint density at radius 2 is 2.35 bits per heavy atom. The van der Waals surface area contributed by atoms with Gasteiger partial charge in [-0.15, -0.1) is 0 Å². The number of hydrogen-bond donors (Lipinski definition) is 2. The highest BCUT2D eigenvalue weighted by atomic mass is 16.3. The van der Waals surface area contributed by atoms with E-state index in [-0.39, 0.29) is 18.0 Å². The van der Waals surface area contributed by atoms with Crippen molar-refractivity contribution in [1.29, 1.82) is 0 Å². The zero-order chi connectivity index (χ0) is 14.4. The Balaban J connectivity index is 1.95. The van der Waals surface area contributed by atoms with Crippen LogP contribution in [0, 0.1) is 0 Å². The normalized spacial score (nSPS) is 20.2. The van der Waals surface area contributed by atoms with Crippen LogP contribution in [0.15, 0.2) is 22.8 Å². The van der Waals surface area contributed by atoms with Crippen molar-refractivity contribution < 1.29 is 9.21 Å². The molecule has 1 aromatic heterocycles. The molecule has 2 rings (SSSR count). The summed E-state index contributed by atoms with van der Waals surface area (Å²) in [5.74, 6) is 1.01. The minimum Gasteiger partial charge on any atom is -0.468 e. The third kappa shape index (κ3) is 3.61. The maximum atomic E-state index is 12.1. The predicted molar refractivity (Wildman–Crippen MR) is 78.4 cm³/mol. The molecule has 1 amide bonds. The lowest BCUT2D eigenvalue weighted by Gasteiger charge is -2.28. The summed E-state index contributed by atoms with van der Waals surface area (Å²) in [6, 6.07) is 3.95. The molecule has 2 unspecified atom stereocenters. The van der Waals surface area contributed by atoms with Gasteiger partial charge in [0.05, 0.1) is 18.3 Å². The lowest BCUT2D eigenvalue weighted by atomic mass is 10.1. The van der Waals surface area contributed by atoms with E-state index >= 15 is 0 Å². The fraction of sp³-hybridized carbons (Fsp3) is 0.667. The molecule has 1 aromatic rings. The molecule has 1 fully saturated rings. The maximum Gasteiger partial charge on any atom is 0.237 e. The number of carbonyl (C=O) groups is 1. The summed E-state index contributed by atoms with van der Waals surface area (Å²) in [7, 11) is 0. The van der Waals surface area contributed by atoms with Crippen LogP contribution in [0.2, 0.25) is 0 Å². The average Bonchev–Trinajstić information content (AvgIpc) is 3.15. The Bertz CT molecular complexity index is 395. The SMILES string of the molecule is CCN(CC)C(CNC(=O)C1CCCN1)c1ccco1. The number of nitrogens with zero attached hydrogens (tertiary/aromatic N) is 1. The van der Waals surface area contributed by atoms with E-state index < -0.39 is 0 Å². The van der Waals surface area contributed by atoms with Gasteiger partial charge in [-0.1, -0.05) is 13.8 Å². The van der Waals surface area contributed by atoms with Crippen molar-refractivity contribution in [2.75, 3.05) is 26.2 Å². The first kappa shape index (κ1) is 15.1. The lowest BCUT2D eigenvalue weighted by molar-refractivity contribution is -0.123. The van der Waals surface area contributed by atoms with Gasteiger partial charge in [-0.2, -0.15) is 0 Å². The van der Waals surface area contributed by atoms with Crippen LogP contribution in [0.3, 0.4) is 0 Å². The number of hydrogen-bond acceptors (Lipinski definition) is 4. The molecule has 0 radical (unpaired) electrons. The smallest absolute Gasteiger partial charge is 0.237 e. The summed E-state index contributed by atoms with van der Waals surface area (Å²) >= 11 is 0. The first-order valence-electron chi connectivity index (χ1n) is 7.54. The van der Waals surface area contributed by atoms with Gasteiger partial charge in [0, 0.05) is 6.54 Å². The minimum atomic E-state index is -0.0241. The van der Waals surface area contributed by atoms with E-state index in [1.807, 2.05) is 12.1 Å². The van der Waals surface area contributed by atoms with Gasteiger partial charge >= 0.3 is 0 Å². The molecule has 1 saturated heterocycles. The van der Waals surface area contributed by atoms with Crippen LogP contribution in [-0.2, 0) is 4.79 Å². The molecule has 0 spiro atoms. The van der Waals surface area contributed by atoms with E-state index in [9.17, 15) is 4.79 Å². The summed E-state index contributed by atoms with van der Waals surface area (Å²) in [4.78, 5) is 14.4. The average molecular weight is 279 g/mol. The number of carbonyl (C=O) groups excluding carboxylic acids is 1. The van der Waals surface area contributed by atoms with Crippen LogP contribution < -0.4 is 10.6 Å². The first-order chi connectivity index (χ1) is 9.76. The molecule has 1 aliphatic rings. The first-order valence-corrected chi connectivity index (χ1v) is 7.54. The van der Waals surface area contributed by atoms with Gasteiger partial charge in [0.2, 0.25) is 5.91 Å². The van der Waals surface area contributed by atoms with Crippen LogP contribution in [0.4, 0.5) is 0 Å². The lowest BCUT2D eigenvalue weighted by Crippen LogP contribution is -2.44. The van der Waals surface area contributed by atoms with Crippen molar-refractivity contribution in [3.63, 3.8) is 0 Å². The molecule has 0 saturated carbocycles. The quantitative estimate of drug-likeness (QED) is 0.795. The highest BCUT2D eigenvalue weighted by Crippen LogP contribution is 2.20. The van der Waals surface area contributed by atoms with Crippen molar-refractivity contribution >= 4 is 5.91 Å². The van der Waals surface area contributed by atoms with Gasteiger partial charge in [0.25, 0.3) is 0 Å². The summed E-state index contributed by atoms with van der Waals surface area (Å²) in [6.07, 6.45) is 3.70. The molecule has 5 heteroatoms. The van der Waals surface area contributed by atoms with Gasteiger partial charge in [0.15, 0.2) is 0 Å². The second kappa shape index (κ2) is 7.45. The van der Waals surface area contributed by atoms with Gasteiger partial charge < -0.3 is 15.1 Å². The van der Waals surface area contributed by atoms with Gasteiger partial charge in [0.1, 0.15) is 5.76 Å². The largest absolute Gasteiger partial charge is 0.468 e. The van der Waals surface area contributed by atoms with E-state index in [2.05, 4.69) is 29.4 Å². The Morgan fingerprint density at radius 1 is 1.55 bits per heavy atom. The van der Waals surface area contributed by atoms with Gasteiger partial charge in [-0.3, -0.25) is 9.69 Å². The molecule has 0 aromatic carbocycles. The maximum absolute atomic E-state index is 12.1. The van der Waals surface area contributed by atoms with Gasteiger partial charge in [-0.25, -0.2) is 0 Å². The zero-order valence-electron chi connectivity index (χ0n) is 12.4. The topological polar surface area (TPSA) is 57.5 Å². The van der Waals surface area contributed by atoms with E-state index in [0.717, 1.165) is 38.2 Å². The summed E-state index contributed by atoms with van der Waals surface area (Å²) in [5.41, 5.74) is 0. The molecule has 0 aliphatic carbocycles. The third-order valence-corrected chi connectivity index (χ3v) is 3.97. The Morgan fingerprint density at radius 3 is 2.90 bits per heavy atom. The summed E-state index contributed by atoms with van der Waals surface area (Å²) in [6.45, 7) is 7.64. The predicted octanol–water partition coefficient (Wildman–Crippen LogP) is 1.53. The van der Waals surface area contributed by atoms with Crippen LogP contribution in [0.5, 0.6) is 0 Å². The van der Waals surface area contributed by atoms with E-state index in [0.29, 0.717) is 6.54 Å². The van der Waals surface area contributed by atoms with Crippen molar-refractivity contribution in [3.05, 3.63) is 24.2 Å². The number of furan rings is 1. The molecule has 20 heavy (non-hydrogen) atoms. The van der Waals surface area contributed by atoms with E-state index in [1.165, 1.54) is 0 Å². The number of rotatable bonds is 7. The third-order valence-electron chi connectivity index (χ3n) is 3.97. The minimum absolute atomic E-state index is 0.0241. The van der Waals surface area contributed by atoms with Crippen LogP contribution in [0.1, 0.15) is 38.5 Å². The van der Waals surface area contributed by atoms with Crippen molar-refractivity contribution in [1.82, 2.24) is 15.5 Å². The Hall–Kier alpha value is -1.33. The Labute approximate surface area is 120 Å². The van der Waals surface area contributed by atoms with Crippen molar-refractivity contribution in [2.45, 2.75) is 38.8 Å². The van der Waals surface area contributed by atoms with Crippen molar-refractivity contribution in [2.24, 2.45) is 0 Å². The highest BCUT2D eigenvalue weighted by Gasteiger charge is 2.25. The van der Waals surface area contributed by atoms with E-state index in [4.69, 9.17) is 4.42 Å². The fourth-order valence-corrected chi connectivity index (χ4v) is 2.78. The van der Waals surface area contributed by atoms with Crippen LogP contribution >= 0.6 is 0 Å². The number of likely N-dealkylation sites (N-methyl/N-ethyl adjacent to an activating group) is 1. The highest BCUT2D eigenvalue weighted by molar-refractivity contribution is 5.82. The van der Waals surface area contributed by atoms with Gasteiger partial charge in [-0.05, 0) is 44.6 Å². The monoisotopic (exact) mass is 279 g/mol. The summed E-state index contributed by atoms with van der Waals surface area (Å²) in [5, 5.41) is 6.28. The number of amides is 1.